The number of hydrogen-bond acceptors (Lipinski definition) is 4. The molecule has 9 rings (SSSR count). The number of nitrogens with zero attached hydrogens (tertiary/aromatic N) is 4. The van der Waals surface area contributed by atoms with E-state index in [4.69, 9.17) is 9.97 Å². The van der Waals surface area contributed by atoms with Gasteiger partial charge < -0.3 is 9.80 Å². The van der Waals surface area contributed by atoms with Crippen LogP contribution in [-0.4, -0.2) is 9.97 Å². The van der Waals surface area contributed by atoms with Crippen LogP contribution in [0.1, 0.15) is 55.8 Å². The fourth-order valence-electron chi connectivity index (χ4n) is 8.23. The zero-order chi connectivity index (χ0) is 34.9. The highest BCUT2D eigenvalue weighted by Crippen LogP contribution is 2.55. The Morgan fingerprint density at radius 1 is 0.412 bits per heavy atom. The summed E-state index contributed by atoms with van der Waals surface area (Å²) in [5, 5.41) is 0. The van der Waals surface area contributed by atoms with Crippen LogP contribution >= 0.6 is 0 Å². The maximum atomic E-state index is 5.59. The molecular formula is C47H40N4. The van der Waals surface area contributed by atoms with Crippen molar-refractivity contribution in [1.29, 1.82) is 0 Å². The van der Waals surface area contributed by atoms with Crippen molar-refractivity contribution in [3.8, 4) is 22.5 Å². The number of anilines is 6. The lowest BCUT2D eigenvalue weighted by Gasteiger charge is -2.28. The zero-order valence-corrected chi connectivity index (χ0v) is 29.7. The van der Waals surface area contributed by atoms with Crippen LogP contribution < -0.4 is 9.80 Å². The van der Waals surface area contributed by atoms with Crippen molar-refractivity contribution >= 4 is 34.1 Å². The molecule has 0 aliphatic heterocycles. The average Bonchev–Trinajstić information content (AvgIpc) is 3.52. The van der Waals surface area contributed by atoms with E-state index >= 15 is 0 Å². The molecule has 0 amide bonds. The van der Waals surface area contributed by atoms with E-state index in [0.717, 1.165) is 56.9 Å². The first-order valence-corrected chi connectivity index (χ1v) is 17.8. The summed E-state index contributed by atoms with van der Waals surface area (Å²) in [7, 11) is 0. The Balaban J connectivity index is 1.17. The summed E-state index contributed by atoms with van der Waals surface area (Å²) in [6.07, 6.45) is 0. The maximum absolute atomic E-state index is 5.59. The Morgan fingerprint density at radius 3 is 1.33 bits per heavy atom. The van der Waals surface area contributed by atoms with E-state index in [1.54, 1.807) is 0 Å². The Labute approximate surface area is 300 Å². The van der Waals surface area contributed by atoms with Gasteiger partial charge in [0.15, 0.2) is 0 Å². The molecule has 0 N–H and O–H groups in total. The fraction of sp³-hybridized carbons (Fsp3) is 0.149. The predicted molar refractivity (Wildman–Crippen MR) is 211 cm³/mol. The highest BCUT2D eigenvalue weighted by Gasteiger charge is 2.45. The smallest absolute Gasteiger partial charge is 0.0936 e. The normalized spacial score (nSPS) is 14.3. The molecule has 0 atom stereocenters. The molecule has 0 spiro atoms. The van der Waals surface area contributed by atoms with Gasteiger partial charge in [0.05, 0.1) is 22.8 Å². The van der Waals surface area contributed by atoms with E-state index in [1.165, 1.54) is 27.8 Å². The Bertz CT molecular complexity index is 2340. The Kier molecular flexibility index (Phi) is 7.01. The van der Waals surface area contributed by atoms with Crippen LogP contribution in [0.25, 0.3) is 22.5 Å². The number of aromatic nitrogens is 2. The van der Waals surface area contributed by atoms with Crippen LogP contribution in [0.5, 0.6) is 0 Å². The third-order valence-electron chi connectivity index (χ3n) is 10.8. The average molecular weight is 661 g/mol. The van der Waals surface area contributed by atoms with Gasteiger partial charge in [-0.3, -0.25) is 0 Å². The van der Waals surface area contributed by atoms with Gasteiger partial charge in [-0.25, -0.2) is 9.97 Å². The molecule has 7 aromatic rings. The molecule has 248 valence electrons. The summed E-state index contributed by atoms with van der Waals surface area (Å²) in [5.74, 6) is 0. The minimum atomic E-state index is -0.337. The molecule has 4 nitrogen and oxygen atoms in total. The van der Waals surface area contributed by atoms with E-state index in [0.29, 0.717) is 0 Å². The van der Waals surface area contributed by atoms with Crippen LogP contribution in [-0.2, 0) is 10.8 Å². The number of benzene rings is 6. The molecule has 0 saturated carbocycles. The molecule has 6 aromatic carbocycles. The largest absolute Gasteiger partial charge is 0.310 e. The van der Waals surface area contributed by atoms with Gasteiger partial charge >= 0.3 is 0 Å². The van der Waals surface area contributed by atoms with Crippen molar-refractivity contribution in [3.05, 3.63) is 180 Å². The van der Waals surface area contributed by atoms with Crippen molar-refractivity contribution in [1.82, 2.24) is 9.97 Å². The van der Waals surface area contributed by atoms with Crippen LogP contribution in [0.15, 0.2) is 152 Å². The molecule has 2 aliphatic carbocycles. The second-order valence-corrected chi connectivity index (χ2v) is 14.8. The topological polar surface area (TPSA) is 32.3 Å². The first-order valence-electron chi connectivity index (χ1n) is 17.8. The minimum absolute atomic E-state index is 0.333. The molecule has 0 unspecified atom stereocenters. The van der Waals surface area contributed by atoms with Gasteiger partial charge in [-0.15, -0.1) is 0 Å². The predicted octanol–water partition coefficient (Wildman–Crippen LogP) is 12.3. The van der Waals surface area contributed by atoms with E-state index in [-0.39, 0.29) is 10.8 Å². The number of hydrogen-bond donors (Lipinski definition) is 0. The maximum Gasteiger partial charge on any atom is 0.0936 e. The van der Waals surface area contributed by atoms with Crippen molar-refractivity contribution in [2.24, 2.45) is 0 Å². The van der Waals surface area contributed by atoms with Gasteiger partial charge in [0.2, 0.25) is 0 Å². The number of aryl methyl sites for hydroxylation is 1. The lowest BCUT2D eigenvalue weighted by molar-refractivity contribution is 0.617. The summed E-state index contributed by atoms with van der Waals surface area (Å²) in [4.78, 5) is 15.8. The highest BCUT2D eigenvalue weighted by molar-refractivity contribution is 5.89. The first-order chi connectivity index (χ1) is 24.7. The van der Waals surface area contributed by atoms with E-state index in [2.05, 4.69) is 196 Å². The highest BCUT2D eigenvalue weighted by atomic mass is 15.1. The molecule has 4 heteroatoms. The van der Waals surface area contributed by atoms with Gasteiger partial charge in [-0.1, -0.05) is 107 Å². The summed E-state index contributed by atoms with van der Waals surface area (Å²) < 4.78 is 0. The number of para-hydroxylation sites is 4. The summed E-state index contributed by atoms with van der Waals surface area (Å²) in [5.41, 5.74) is 16.3. The van der Waals surface area contributed by atoms with Crippen LogP contribution in [0.4, 0.5) is 34.1 Å². The first kappa shape index (κ1) is 31.0. The van der Waals surface area contributed by atoms with Crippen LogP contribution in [0.2, 0.25) is 0 Å². The minimum Gasteiger partial charge on any atom is -0.310 e. The van der Waals surface area contributed by atoms with Gasteiger partial charge in [0.25, 0.3) is 0 Å². The van der Waals surface area contributed by atoms with Gasteiger partial charge in [-0.2, -0.15) is 0 Å². The van der Waals surface area contributed by atoms with Crippen molar-refractivity contribution in [3.63, 3.8) is 0 Å². The molecule has 2 aliphatic rings. The van der Waals surface area contributed by atoms with Crippen molar-refractivity contribution in [2.75, 3.05) is 9.80 Å². The summed E-state index contributed by atoms with van der Waals surface area (Å²) >= 11 is 0. The zero-order valence-electron chi connectivity index (χ0n) is 29.7. The number of fused-ring (bicyclic) bond motifs is 6. The summed E-state index contributed by atoms with van der Waals surface area (Å²) in [6, 6.07) is 53.9. The molecule has 51 heavy (non-hydrogen) atoms. The van der Waals surface area contributed by atoms with Gasteiger partial charge in [0.1, 0.15) is 0 Å². The van der Waals surface area contributed by atoms with E-state index < -0.39 is 0 Å². The second kappa shape index (κ2) is 11.5. The monoisotopic (exact) mass is 660 g/mol. The molecule has 0 radical (unpaired) electrons. The van der Waals surface area contributed by atoms with E-state index in [1.807, 2.05) is 0 Å². The second-order valence-electron chi connectivity index (χ2n) is 14.8. The van der Waals surface area contributed by atoms with E-state index in [9.17, 15) is 0 Å². The molecule has 0 saturated heterocycles. The summed E-state index contributed by atoms with van der Waals surface area (Å²) in [6.45, 7) is 11.4. The van der Waals surface area contributed by atoms with Crippen LogP contribution in [0.3, 0.4) is 0 Å². The Morgan fingerprint density at radius 2 is 0.824 bits per heavy atom. The lowest BCUT2D eigenvalue weighted by atomic mass is 9.84. The van der Waals surface area contributed by atoms with Gasteiger partial charge in [-0.05, 0) is 96.4 Å². The van der Waals surface area contributed by atoms with Crippen molar-refractivity contribution < 1.29 is 0 Å². The molecule has 1 heterocycles. The van der Waals surface area contributed by atoms with Crippen molar-refractivity contribution in [2.45, 2.75) is 45.4 Å². The SMILES string of the molecule is Cc1cc(N(c2ccccc2)c2ccccc2)cc2c1-c1nc3c(nc1C2(C)C)-c1ccc(N(c2ccccc2)c2ccccc2)cc1C3(C)C. The van der Waals surface area contributed by atoms with Gasteiger partial charge in [0, 0.05) is 56.1 Å². The standard InChI is InChI=1S/C47H40N4/c1-31-28-37(51(34-22-14-8-15-23-34)35-24-16-9-17-25-35)30-40-41(31)43-45(47(40,4)5)48-42-38-27-26-36(29-39(38)46(2,3)44(42)49-43)50(32-18-10-6-11-19-32)33-20-12-7-13-21-33/h6-30H,1-5H3. The lowest BCUT2D eigenvalue weighted by Crippen LogP contribution is -2.20. The number of rotatable bonds is 6. The third-order valence-corrected chi connectivity index (χ3v) is 10.8. The molecule has 1 aromatic heterocycles. The molecule has 0 bridgehead atoms. The molecular weight excluding hydrogens is 621 g/mol. The molecule has 0 fully saturated rings. The Hall–Kier alpha value is -6.00. The van der Waals surface area contributed by atoms with Crippen LogP contribution in [0, 0.1) is 6.92 Å². The quantitative estimate of drug-likeness (QED) is 0.178. The fourth-order valence-corrected chi connectivity index (χ4v) is 8.23. The third kappa shape index (κ3) is 4.81.